The Morgan fingerprint density at radius 2 is 1.82 bits per heavy atom. The zero-order valence-corrected chi connectivity index (χ0v) is 25.0. The first-order valence-electron chi connectivity index (χ1n) is 13.7. The summed E-state index contributed by atoms with van der Waals surface area (Å²) in [5.41, 5.74) is 3.71. The minimum Gasteiger partial charge on any atom is -0.493 e. The topological polar surface area (TPSA) is 156 Å². The SMILES string of the molecule is CCOc1cc2c(cc1C(=O)NC)C(=N)N(CC(=O)c1cc3c(c(C(C)(C)C)c1)OCCN3CC#N)C2.O=C(O)C(F)(F)F. The summed E-state index contributed by atoms with van der Waals surface area (Å²) in [6.45, 7) is 10.1. The van der Waals surface area contributed by atoms with Crippen molar-refractivity contribution in [2.45, 2.75) is 45.8 Å². The second-order valence-corrected chi connectivity index (χ2v) is 11.0. The molecule has 236 valence electrons. The molecule has 4 rings (SSSR count). The normalized spacial score (nSPS) is 13.9. The predicted molar refractivity (Wildman–Crippen MR) is 155 cm³/mol. The molecule has 0 aliphatic carbocycles. The van der Waals surface area contributed by atoms with E-state index in [1.165, 1.54) is 0 Å². The van der Waals surface area contributed by atoms with Crippen LogP contribution in [0.25, 0.3) is 0 Å². The first-order chi connectivity index (χ1) is 20.5. The van der Waals surface area contributed by atoms with Crippen molar-refractivity contribution < 1.29 is 42.1 Å². The molecule has 0 spiro atoms. The number of ketones is 1. The van der Waals surface area contributed by atoms with Crippen molar-refractivity contribution in [1.82, 2.24) is 10.2 Å². The van der Waals surface area contributed by atoms with Crippen molar-refractivity contribution >= 4 is 29.2 Å². The highest BCUT2D eigenvalue weighted by atomic mass is 19.4. The zero-order chi connectivity index (χ0) is 33.0. The maximum atomic E-state index is 13.6. The average molecular weight is 618 g/mol. The third-order valence-corrected chi connectivity index (χ3v) is 6.90. The molecule has 14 heteroatoms. The summed E-state index contributed by atoms with van der Waals surface area (Å²) in [5, 5.41) is 27.8. The monoisotopic (exact) mass is 617 g/mol. The van der Waals surface area contributed by atoms with E-state index in [4.69, 9.17) is 24.8 Å². The molecule has 3 N–H and O–H groups in total. The molecule has 1 amide bonds. The average Bonchev–Trinajstić information content (AvgIpc) is 3.25. The lowest BCUT2D eigenvalue weighted by Gasteiger charge is -2.34. The second-order valence-electron chi connectivity index (χ2n) is 11.0. The molecule has 11 nitrogen and oxygen atoms in total. The fourth-order valence-electron chi connectivity index (χ4n) is 4.76. The number of carboxylic acid groups (broad SMARTS) is 1. The number of nitrogens with one attached hydrogen (secondary N) is 2. The van der Waals surface area contributed by atoms with E-state index in [9.17, 15) is 28.0 Å². The largest absolute Gasteiger partial charge is 0.493 e. The van der Waals surface area contributed by atoms with Gasteiger partial charge in [-0.2, -0.15) is 18.4 Å². The number of amides is 1. The second kappa shape index (κ2) is 13.2. The molecule has 0 saturated heterocycles. The third kappa shape index (κ3) is 7.39. The summed E-state index contributed by atoms with van der Waals surface area (Å²) < 4.78 is 43.4. The Kier molecular flexibility index (Phi) is 10.1. The Bertz CT molecular complexity index is 1510. The van der Waals surface area contributed by atoms with Crippen LogP contribution in [0.2, 0.25) is 0 Å². The third-order valence-electron chi connectivity index (χ3n) is 6.90. The highest BCUT2D eigenvalue weighted by Crippen LogP contribution is 2.42. The van der Waals surface area contributed by atoms with Crippen LogP contribution in [0, 0.1) is 16.7 Å². The number of rotatable bonds is 7. The molecule has 0 unspecified atom stereocenters. The van der Waals surface area contributed by atoms with Crippen LogP contribution in [-0.4, -0.2) is 79.6 Å². The highest BCUT2D eigenvalue weighted by molar-refractivity contribution is 6.08. The number of nitriles is 1. The lowest BCUT2D eigenvalue weighted by molar-refractivity contribution is -0.192. The van der Waals surface area contributed by atoms with Crippen LogP contribution in [0.4, 0.5) is 18.9 Å². The molecule has 0 aromatic heterocycles. The van der Waals surface area contributed by atoms with Crippen LogP contribution in [-0.2, 0) is 16.8 Å². The summed E-state index contributed by atoms with van der Waals surface area (Å²) in [4.78, 5) is 38.5. The van der Waals surface area contributed by atoms with Gasteiger partial charge in [-0.1, -0.05) is 20.8 Å². The molecule has 0 saturated carbocycles. The minimum atomic E-state index is -5.08. The summed E-state index contributed by atoms with van der Waals surface area (Å²) in [6.07, 6.45) is -5.08. The number of anilines is 1. The van der Waals surface area contributed by atoms with Gasteiger partial charge < -0.3 is 29.7 Å². The standard InChI is InChI=1S/C28H33N5O4.C2HF3O2/c1-6-36-24-13-18-15-33(26(30)19(18)14-20(24)27(35)31-5)16-23(34)17-11-21(28(2,3)4)25-22(12-17)32(8-7-29)9-10-37-25;3-2(4,5)1(6)7/h11-14,30H,6,8-10,15-16H2,1-5H3,(H,31,35);(H,6,7). The molecule has 2 heterocycles. The maximum Gasteiger partial charge on any atom is 0.490 e. The van der Waals surface area contributed by atoms with Crippen LogP contribution >= 0.6 is 0 Å². The van der Waals surface area contributed by atoms with Crippen molar-refractivity contribution in [2.75, 3.05) is 44.8 Å². The van der Waals surface area contributed by atoms with Gasteiger partial charge in [0.1, 0.15) is 30.5 Å². The van der Waals surface area contributed by atoms with E-state index >= 15 is 0 Å². The summed E-state index contributed by atoms with van der Waals surface area (Å²) in [7, 11) is 1.55. The van der Waals surface area contributed by atoms with Gasteiger partial charge in [0.05, 0.1) is 37.0 Å². The molecular formula is C30H34F3N5O6. The molecule has 0 bridgehead atoms. The van der Waals surface area contributed by atoms with E-state index in [2.05, 4.69) is 32.2 Å². The number of benzene rings is 2. The van der Waals surface area contributed by atoms with Crippen LogP contribution < -0.4 is 19.7 Å². The first-order valence-corrected chi connectivity index (χ1v) is 13.7. The molecule has 0 radical (unpaired) electrons. The molecule has 2 aliphatic rings. The van der Waals surface area contributed by atoms with Gasteiger partial charge in [-0.25, -0.2) is 4.79 Å². The van der Waals surface area contributed by atoms with E-state index in [0.29, 0.717) is 48.7 Å². The van der Waals surface area contributed by atoms with Gasteiger partial charge >= 0.3 is 12.1 Å². The van der Waals surface area contributed by atoms with Crippen molar-refractivity contribution in [3.05, 3.63) is 52.1 Å². The molecule has 0 atom stereocenters. The maximum absolute atomic E-state index is 13.6. The summed E-state index contributed by atoms with van der Waals surface area (Å²) in [6, 6.07) is 9.33. The number of fused-ring (bicyclic) bond motifs is 2. The summed E-state index contributed by atoms with van der Waals surface area (Å²) >= 11 is 0. The van der Waals surface area contributed by atoms with Crippen molar-refractivity contribution in [3.63, 3.8) is 0 Å². The van der Waals surface area contributed by atoms with E-state index < -0.39 is 12.1 Å². The number of carbonyl (C=O) groups is 3. The van der Waals surface area contributed by atoms with Crippen LogP contribution in [0.15, 0.2) is 24.3 Å². The van der Waals surface area contributed by atoms with E-state index in [-0.39, 0.29) is 36.0 Å². The quantitative estimate of drug-likeness (QED) is 0.307. The number of hydrogen-bond donors (Lipinski definition) is 3. The van der Waals surface area contributed by atoms with E-state index in [1.54, 1.807) is 30.1 Å². The van der Waals surface area contributed by atoms with Crippen molar-refractivity contribution in [1.29, 1.82) is 10.7 Å². The molecule has 0 fully saturated rings. The minimum absolute atomic E-state index is 0.00820. The number of aliphatic carboxylic acids is 1. The Morgan fingerprint density at radius 3 is 2.36 bits per heavy atom. The number of alkyl halides is 3. The summed E-state index contributed by atoms with van der Waals surface area (Å²) in [5.74, 6) is -1.81. The Balaban J connectivity index is 0.000000676. The first kappa shape index (κ1) is 33.7. The van der Waals surface area contributed by atoms with Gasteiger partial charge in [0.25, 0.3) is 5.91 Å². The number of carboxylic acids is 1. The van der Waals surface area contributed by atoms with E-state index in [1.807, 2.05) is 17.9 Å². The van der Waals surface area contributed by atoms with Gasteiger partial charge in [-0.3, -0.25) is 15.0 Å². The fraction of sp³-hybridized carbons (Fsp3) is 0.433. The van der Waals surface area contributed by atoms with E-state index in [0.717, 1.165) is 22.6 Å². The van der Waals surface area contributed by atoms with Crippen LogP contribution in [0.5, 0.6) is 11.5 Å². The molecular weight excluding hydrogens is 583 g/mol. The van der Waals surface area contributed by atoms with Crippen molar-refractivity contribution in [2.24, 2.45) is 0 Å². The Hall–Kier alpha value is -4.80. The zero-order valence-electron chi connectivity index (χ0n) is 25.0. The van der Waals surface area contributed by atoms with Gasteiger partial charge in [0, 0.05) is 30.3 Å². The van der Waals surface area contributed by atoms with Gasteiger partial charge in [-0.15, -0.1) is 0 Å². The van der Waals surface area contributed by atoms with Gasteiger partial charge in [0.2, 0.25) is 0 Å². The lowest BCUT2D eigenvalue weighted by Crippen LogP contribution is -2.35. The predicted octanol–water partition coefficient (Wildman–Crippen LogP) is 4.12. The molecule has 2 aliphatic heterocycles. The number of amidine groups is 1. The fourth-order valence-corrected chi connectivity index (χ4v) is 4.76. The molecule has 2 aromatic rings. The number of Topliss-reactive ketones (excluding diaryl/α,β-unsaturated/α-hetero) is 1. The smallest absolute Gasteiger partial charge is 0.490 e. The van der Waals surface area contributed by atoms with Crippen molar-refractivity contribution in [3.8, 4) is 17.6 Å². The molecule has 44 heavy (non-hydrogen) atoms. The Labute approximate surface area is 252 Å². The highest BCUT2D eigenvalue weighted by Gasteiger charge is 2.38. The van der Waals surface area contributed by atoms with Gasteiger partial charge in [0.15, 0.2) is 5.78 Å². The van der Waals surface area contributed by atoms with Crippen LogP contribution in [0.3, 0.4) is 0 Å². The Morgan fingerprint density at radius 1 is 1.16 bits per heavy atom. The number of nitrogens with zero attached hydrogens (tertiary/aromatic N) is 3. The van der Waals surface area contributed by atoms with Crippen LogP contribution in [0.1, 0.15) is 65.1 Å². The molecule has 2 aromatic carbocycles. The number of carbonyl (C=O) groups excluding carboxylic acids is 2. The number of hydrogen-bond acceptors (Lipinski definition) is 8. The van der Waals surface area contributed by atoms with Gasteiger partial charge in [-0.05, 0) is 42.2 Å². The number of ether oxygens (including phenoxy) is 2. The lowest BCUT2D eigenvalue weighted by atomic mass is 9.84. The number of halogens is 3.